The van der Waals surface area contributed by atoms with Crippen LogP contribution in [0.15, 0.2) is 62.5 Å². The van der Waals surface area contributed by atoms with E-state index in [1.165, 1.54) is 0 Å². The van der Waals surface area contributed by atoms with Crippen LogP contribution in [0.25, 0.3) is 0 Å². The summed E-state index contributed by atoms with van der Waals surface area (Å²) in [6.07, 6.45) is -0.184. The van der Waals surface area contributed by atoms with Crippen LogP contribution in [0.3, 0.4) is 0 Å². The number of nitrogens with zero attached hydrogens (tertiary/aromatic N) is 1. The van der Waals surface area contributed by atoms with Gasteiger partial charge in [0.25, 0.3) is 0 Å². The lowest BCUT2D eigenvalue weighted by Crippen LogP contribution is -2.28. The maximum absolute atomic E-state index is 6.38. The summed E-state index contributed by atoms with van der Waals surface area (Å²) in [6, 6.07) is 15.9. The highest BCUT2D eigenvalue weighted by atomic mass is 79.9. The summed E-state index contributed by atoms with van der Waals surface area (Å²) in [4.78, 5) is 4.44. The standard InChI is InChI=1S/C16H12Br2ClNO/c17-12-5-1-10(2-6-12)15-14(19)9-20-16(21-15)11-3-7-13(18)8-4-11/h1-8,14-15H,9H2/t14-,15-/m0/s1. The van der Waals surface area contributed by atoms with Gasteiger partial charge in [-0.1, -0.05) is 44.0 Å². The van der Waals surface area contributed by atoms with E-state index in [1.54, 1.807) is 0 Å². The first kappa shape index (κ1) is 15.1. The molecular weight excluding hydrogens is 417 g/mol. The van der Waals surface area contributed by atoms with Gasteiger partial charge in [0.2, 0.25) is 5.90 Å². The lowest BCUT2D eigenvalue weighted by Gasteiger charge is -2.28. The zero-order valence-electron chi connectivity index (χ0n) is 11.0. The Kier molecular flexibility index (Phi) is 4.67. The molecule has 21 heavy (non-hydrogen) atoms. The molecule has 0 bridgehead atoms. The molecule has 0 aliphatic carbocycles. The normalized spacial score (nSPS) is 21.6. The molecule has 0 amide bonds. The number of hydrogen-bond donors (Lipinski definition) is 0. The Morgan fingerprint density at radius 2 is 1.52 bits per heavy atom. The monoisotopic (exact) mass is 427 g/mol. The fourth-order valence-electron chi connectivity index (χ4n) is 2.18. The number of ether oxygens (including phenoxy) is 1. The van der Waals surface area contributed by atoms with Gasteiger partial charge in [-0.25, -0.2) is 4.99 Å². The van der Waals surface area contributed by atoms with Crippen LogP contribution in [-0.4, -0.2) is 17.8 Å². The highest BCUT2D eigenvalue weighted by Crippen LogP contribution is 2.31. The largest absolute Gasteiger partial charge is 0.468 e. The van der Waals surface area contributed by atoms with Crippen molar-refractivity contribution in [1.29, 1.82) is 0 Å². The van der Waals surface area contributed by atoms with Gasteiger partial charge < -0.3 is 4.74 Å². The highest BCUT2D eigenvalue weighted by Gasteiger charge is 2.28. The van der Waals surface area contributed by atoms with Crippen LogP contribution in [0.4, 0.5) is 0 Å². The van der Waals surface area contributed by atoms with Crippen LogP contribution in [0.2, 0.25) is 0 Å². The van der Waals surface area contributed by atoms with Gasteiger partial charge in [0.15, 0.2) is 0 Å². The average Bonchev–Trinajstić information content (AvgIpc) is 2.50. The Labute approximate surface area is 145 Å². The summed E-state index contributed by atoms with van der Waals surface area (Å²) < 4.78 is 8.10. The molecule has 1 heterocycles. The van der Waals surface area contributed by atoms with Gasteiger partial charge >= 0.3 is 0 Å². The van der Waals surface area contributed by atoms with Crippen molar-refractivity contribution >= 4 is 49.4 Å². The van der Waals surface area contributed by atoms with Gasteiger partial charge in [-0.3, -0.25) is 0 Å². The van der Waals surface area contributed by atoms with E-state index in [9.17, 15) is 0 Å². The van der Waals surface area contributed by atoms with Gasteiger partial charge in [-0.05, 0) is 42.0 Å². The molecule has 2 nitrogen and oxygen atoms in total. The molecule has 0 fully saturated rings. The van der Waals surface area contributed by atoms with Crippen molar-refractivity contribution in [2.24, 2.45) is 4.99 Å². The first-order chi connectivity index (χ1) is 10.1. The van der Waals surface area contributed by atoms with E-state index in [-0.39, 0.29) is 11.5 Å². The van der Waals surface area contributed by atoms with Crippen molar-refractivity contribution in [2.75, 3.05) is 6.54 Å². The molecule has 0 unspecified atom stereocenters. The van der Waals surface area contributed by atoms with Gasteiger partial charge in [-0.2, -0.15) is 0 Å². The first-order valence-electron chi connectivity index (χ1n) is 6.50. The molecule has 3 rings (SSSR count). The summed E-state index contributed by atoms with van der Waals surface area (Å²) in [6.45, 7) is 0.549. The molecule has 1 aliphatic heterocycles. The van der Waals surface area contributed by atoms with E-state index < -0.39 is 0 Å². The summed E-state index contributed by atoms with van der Waals surface area (Å²) >= 11 is 13.2. The maximum atomic E-state index is 6.38. The third kappa shape index (κ3) is 3.50. The number of alkyl halides is 1. The van der Waals surface area contributed by atoms with Crippen LogP contribution in [0.1, 0.15) is 17.2 Å². The van der Waals surface area contributed by atoms with Gasteiger partial charge in [0, 0.05) is 14.5 Å². The Morgan fingerprint density at radius 1 is 0.952 bits per heavy atom. The molecule has 5 heteroatoms. The third-order valence-corrected chi connectivity index (χ3v) is 4.69. The summed E-state index contributed by atoms with van der Waals surface area (Å²) in [5.74, 6) is 0.646. The first-order valence-corrected chi connectivity index (χ1v) is 8.52. The van der Waals surface area contributed by atoms with E-state index in [4.69, 9.17) is 16.3 Å². The molecule has 2 aromatic rings. The minimum Gasteiger partial charge on any atom is -0.468 e. The van der Waals surface area contributed by atoms with Crippen molar-refractivity contribution in [3.05, 3.63) is 68.6 Å². The second-order valence-corrected chi connectivity index (χ2v) is 7.15. The SMILES string of the molecule is Cl[C@H]1CN=C(c2ccc(Br)cc2)O[C@H]1c1ccc(Br)cc1. The Bertz CT molecular complexity index is 655. The number of halogens is 3. The summed E-state index contributed by atoms with van der Waals surface area (Å²) in [5, 5.41) is -0.162. The maximum Gasteiger partial charge on any atom is 0.216 e. The van der Waals surface area contributed by atoms with Crippen LogP contribution in [-0.2, 0) is 4.74 Å². The van der Waals surface area contributed by atoms with E-state index >= 15 is 0 Å². The predicted octanol–water partition coefficient (Wildman–Crippen LogP) is 5.34. The predicted molar refractivity (Wildman–Crippen MR) is 93.2 cm³/mol. The van der Waals surface area contributed by atoms with Crippen molar-refractivity contribution < 1.29 is 4.74 Å². The summed E-state index contributed by atoms with van der Waals surface area (Å²) in [7, 11) is 0. The second kappa shape index (κ2) is 6.51. The fraction of sp³-hybridized carbons (Fsp3) is 0.188. The highest BCUT2D eigenvalue weighted by molar-refractivity contribution is 9.10. The topological polar surface area (TPSA) is 21.6 Å². The van der Waals surface area contributed by atoms with Crippen molar-refractivity contribution in [3.63, 3.8) is 0 Å². The third-order valence-electron chi connectivity index (χ3n) is 3.27. The van der Waals surface area contributed by atoms with Crippen LogP contribution >= 0.6 is 43.5 Å². The van der Waals surface area contributed by atoms with E-state index in [2.05, 4.69) is 36.9 Å². The lowest BCUT2D eigenvalue weighted by atomic mass is 10.0. The molecule has 2 atom stereocenters. The number of aliphatic imine (C=N–C) groups is 1. The minimum atomic E-state index is -0.184. The average molecular weight is 430 g/mol. The van der Waals surface area contributed by atoms with Crippen molar-refractivity contribution in [1.82, 2.24) is 0 Å². The molecule has 108 valence electrons. The van der Waals surface area contributed by atoms with E-state index in [0.717, 1.165) is 20.1 Å². The lowest BCUT2D eigenvalue weighted by molar-refractivity contribution is 0.174. The Hall–Kier alpha value is -0.840. The molecule has 1 aliphatic rings. The quantitative estimate of drug-likeness (QED) is 0.591. The number of benzene rings is 2. The molecule has 2 aromatic carbocycles. The van der Waals surface area contributed by atoms with E-state index in [0.29, 0.717) is 12.4 Å². The van der Waals surface area contributed by atoms with Gasteiger partial charge in [-0.15, -0.1) is 11.6 Å². The molecule has 0 saturated carbocycles. The molecule has 0 saturated heterocycles. The number of hydrogen-bond acceptors (Lipinski definition) is 2. The fourth-order valence-corrected chi connectivity index (χ4v) is 2.97. The molecule has 0 aromatic heterocycles. The van der Waals surface area contributed by atoms with Crippen molar-refractivity contribution in [2.45, 2.75) is 11.5 Å². The zero-order chi connectivity index (χ0) is 14.8. The minimum absolute atomic E-state index is 0.162. The smallest absolute Gasteiger partial charge is 0.216 e. The van der Waals surface area contributed by atoms with Crippen LogP contribution < -0.4 is 0 Å². The van der Waals surface area contributed by atoms with E-state index in [1.807, 2.05) is 48.5 Å². The summed E-state index contributed by atoms with van der Waals surface area (Å²) in [5.41, 5.74) is 2.02. The zero-order valence-corrected chi connectivity index (χ0v) is 14.9. The molecule has 0 spiro atoms. The van der Waals surface area contributed by atoms with Gasteiger partial charge in [0.1, 0.15) is 6.10 Å². The van der Waals surface area contributed by atoms with Gasteiger partial charge in [0.05, 0.1) is 11.9 Å². The molecule has 0 radical (unpaired) electrons. The van der Waals surface area contributed by atoms with Crippen LogP contribution in [0, 0.1) is 0 Å². The molecule has 0 N–H and O–H groups in total. The molecular formula is C16H12Br2ClNO. The number of rotatable bonds is 2. The van der Waals surface area contributed by atoms with Crippen LogP contribution in [0.5, 0.6) is 0 Å². The Balaban J connectivity index is 1.86. The second-order valence-electron chi connectivity index (χ2n) is 4.76. The Morgan fingerprint density at radius 3 is 2.14 bits per heavy atom. The van der Waals surface area contributed by atoms with Crippen molar-refractivity contribution in [3.8, 4) is 0 Å².